The summed E-state index contributed by atoms with van der Waals surface area (Å²) in [5.74, 6) is 0.246. The number of hydrogen-bond donors (Lipinski definition) is 2. The van der Waals surface area contributed by atoms with Crippen molar-refractivity contribution in [2.45, 2.75) is 0 Å². The molecule has 142 valence electrons. The lowest BCUT2D eigenvalue weighted by Crippen LogP contribution is -2.15. The summed E-state index contributed by atoms with van der Waals surface area (Å²) >= 11 is 0. The highest BCUT2D eigenvalue weighted by Gasteiger charge is 2.15. The zero-order valence-corrected chi connectivity index (χ0v) is 15.4. The first-order valence-corrected chi connectivity index (χ1v) is 8.47. The van der Waals surface area contributed by atoms with Crippen LogP contribution < -0.4 is 15.4 Å². The molecule has 0 saturated carbocycles. The number of carbonyl (C=O) groups is 2. The van der Waals surface area contributed by atoms with Crippen LogP contribution in [0, 0.1) is 0 Å². The monoisotopic (exact) mass is 377 g/mol. The number of methoxy groups -OCH3 is 2. The Morgan fingerprint density at radius 1 is 0.929 bits per heavy atom. The third kappa shape index (κ3) is 4.27. The van der Waals surface area contributed by atoms with Crippen LogP contribution in [-0.2, 0) is 4.74 Å². The Kier molecular flexibility index (Phi) is 5.86. The number of amides is 1. The standard InChI is InChI=1S/C21H19N3O4/c1-27-18-10-6-5-9-17(18)23-19-13-14(11-12-22-19)20(25)24-16-8-4-3-7-15(16)21(26)28-2/h3-13H,1-2H3,(H,22,23)(H,24,25). The predicted molar refractivity (Wildman–Crippen MR) is 106 cm³/mol. The van der Waals surface area contributed by atoms with Crippen LogP contribution in [0.3, 0.4) is 0 Å². The fourth-order valence-corrected chi connectivity index (χ4v) is 2.60. The highest BCUT2D eigenvalue weighted by Crippen LogP contribution is 2.26. The van der Waals surface area contributed by atoms with Gasteiger partial charge >= 0.3 is 5.97 Å². The van der Waals surface area contributed by atoms with Crippen molar-refractivity contribution in [1.29, 1.82) is 0 Å². The third-order valence-electron chi connectivity index (χ3n) is 3.97. The van der Waals surface area contributed by atoms with Gasteiger partial charge in [-0.05, 0) is 36.4 Å². The Morgan fingerprint density at radius 2 is 1.64 bits per heavy atom. The smallest absolute Gasteiger partial charge is 0.339 e. The van der Waals surface area contributed by atoms with Gasteiger partial charge in [0.2, 0.25) is 0 Å². The minimum atomic E-state index is -0.524. The number of ether oxygens (including phenoxy) is 2. The molecule has 7 nitrogen and oxygen atoms in total. The average Bonchev–Trinajstić information content (AvgIpc) is 2.74. The second-order valence-electron chi connectivity index (χ2n) is 5.75. The second-order valence-corrected chi connectivity index (χ2v) is 5.75. The molecule has 0 atom stereocenters. The van der Waals surface area contributed by atoms with Gasteiger partial charge in [-0.25, -0.2) is 9.78 Å². The summed E-state index contributed by atoms with van der Waals surface area (Å²) in [4.78, 5) is 28.8. The maximum atomic E-state index is 12.7. The topological polar surface area (TPSA) is 89.5 Å². The summed E-state index contributed by atoms with van der Waals surface area (Å²) in [5.41, 5.74) is 1.76. The molecule has 0 unspecified atom stereocenters. The normalized spacial score (nSPS) is 10.1. The number of esters is 1. The van der Waals surface area contributed by atoms with Gasteiger partial charge in [-0.1, -0.05) is 24.3 Å². The van der Waals surface area contributed by atoms with E-state index in [4.69, 9.17) is 9.47 Å². The van der Waals surface area contributed by atoms with E-state index in [1.54, 1.807) is 43.5 Å². The SMILES string of the molecule is COC(=O)c1ccccc1NC(=O)c1ccnc(Nc2ccccc2OC)c1. The molecular formula is C21H19N3O4. The van der Waals surface area contributed by atoms with Gasteiger partial charge in [-0.15, -0.1) is 0 Å². The van der Waals surface area contributed by atoms with Gasteiger partial charge in [0.05, 0.1) is 31.2 Å². The summed E-state index contributed by atoms with van der Waals surface area (Å²) in [6.45, 7) is 0. The molecule has 3 rings (SSSR count). The van der Waals surface area contributed by atoms with E-state index in [0.29, 0.717) is 22.8 Å². The number of hydrogen-bond acceptors (Lipinski definition) is 6. The zero-order valence-electron chi connectivity index (χ0n) is 15.4. The lowest BCUT2D eigenvalue weighted by atomic mass is 10.1. The molecule has 0 bridgehead atoms. The lowest BCUT2D eigenvalue weighted by molar-refractivity contribution is 0.0602. The molecular weight excluding hydrogens is 358 g/mol. The van der Waals surface area contributed by atoms with E-state index in [2.05, 4.69) is 15.6 Å². The number of carbonyl (C=O) groups excluding carboxylic acids is 2. The summed E-state index contributed by atoms with van der Waals surface area (Å²) in [7, 11) is 2.87. The van der Waals surface area contributed by atoms with Crippen molar-refractivity contribution in [3.05, 3.63) is 78.0 Å². The summed E-state index contributed by atoms with van der Waals surface area (Å²) in [6.07, 6.45) is 1.53. The predicted octanol–water partition coefficient (Wildman–Crippen LogP) is 3.87. The number of nitrogens with zero attached hydrogens (tertiary/aromatic N) is 1. The van der Waals surface area contributed by atoms with Crippen molar-refractivity contribution < 1.29 is 19.1 Å². The highest BCUT2D eigenvalue weighted by molar-refractivity contribution is 6.08. The van der Waals surface area contributed by atoms with Gasteiger partial charge < -0.3 is 20.1 Å². The molecule has 0 aliphatic heterocycles. The second kappa shape index (κ2) is 8.68. The first-order chi connectivity index (χ1) is 13.6. The van der Waals surface area contributed by atoms with Crippen LogP contribution in [0.25, 0.3) is 0 Å². The van der Waals surface area contributed by atoms with Crippen LogP contribution in [0.4, 0.5) is 17.2 Å². The van der Waals surface area contributed by atoms with Crippen LogP contribution in [0.15, 0.2) is 66.9 Å². The number of anilines is 3. The van der Waals surface area contributed by atoms with E-state index >= 15 is 0 Å². The number of benzene rings is 2. The van der Waals surface area contributed by atoms with E-state index in [1.165, 1.54) is 13.3 Å². The minimum absolute atomic E-state index is 0.278. The molecule has 0 fully saturated rings. The summed E-state index contributed by atoms with van der Waals surface area (Å²) in [6, 6.07) is 17.2. The fraction of sp³-hybridized carbons (Fsp3) is 0.0952. The van der Waals surface area contributed by atoms with Crippen molar-refractivity contribution in [3.63, 3.8) is 0 Å². The first kappa shape index (κ1) is 18.9. The number of rotatable bonds is 6. The zero-order chi connectivity index (χ0) is 19.9. The van der Waals surface area contributed by atoms with Crippen LogP contribution in [0.1, 0.15) is 20.7 Å². The molecule has 0 aliphatic carbocycles. The Balaban J connectivity index is 1.81. The van der Waals surface area contributed by atoms with Crippen LogP contribution in [0.5, 0.6) is 5.75 Å². The van der Waals surface area contributed by atoms with E-state index in [1.807, 2.05) is 24.3 Å². The Labute approximate surface area is 162 Å². The van der Waals surface area contributed by atoms with E-state index in [9.17, 15) is 9.59 Å². The largest absolute Gasteiger partial charge is 0.495 e. The molecule has 0 aliphatic rings. The number of aromatic nitrogens is 1. The van der Waals surface area contributed by atoms with Crippen molar-refractivity contribution >= 4 is 29.1 Å². The number of para-hydroxylation sites is 3. The van der Waals surface area contributed by atoms with Crippen molar-refractivity contribution in [2.75, 3.05) is 24.9 Å². The quantitative estimate of drug-likeness (QED) is 0.634. The maximum Gasteiger partial charge on any atom is 0.339 e. The first-order valence-electron chi connectivity index (χ1n) is 8.47. The van der Waals surface area contributed by atoms with Crippen LogP contribution in [0.2, 0.25) is 0 Å². The van der Waals surface area contributed by atoms with Crippen molar-refractivity contribution in [1.82, 2.24) is 4.98 Å². The van der Waals surface area contributed by atoms with Crippen molar-refractivity contribution in [2.24, 2.45) is 0 Å². The molecule has 2 N–H and O–H groups in total. The molecule has 0 saturated heterocycles. The average molecular weight is 377 g/mol. The van der Waals surface area contributed by atoms with E-state index < -0.39 is 5.97 Å². The fourth-order valence-electron chi connectivity index (χ4n) is 2.60. The number of pyridine rings is 1. The van der Waals surface area contributed by atoms with E-state index in [0.717, 1.165) is 5.69 Å². The molecule has 28 heavy (non-hydrogen) atoms. The molecule has 1 heterocycles. The molecule has 1 amide bonds. The summed E-state index contributed by atoms with van der Waals surface area (Å²) in [5, 5.41) is 5.87. The summed E-state index contributed by atoms with van der Waals surface area (Å²) < 4.78 is 10.1. The molecule has 7 heteroatoms. The maximum absolute atomic E-state index is 12.7. The highest BCUT2D eigenvalue weighted by atomic mass is 16.5. The van der Waals surface area contributed by atoms with Crippen molar-refractivity contribution in [3.8, 4) is 5.75 Å². The Morgan fingerprint density at radius 3 is 2.39 bits per heavy atom. The molecule has 0 radical (unpaired) electrons. The van der Waals surface area contributed by atoms with Gasteiger partial charge in [-0.2, -0.15) is 0 Å². The van der Waals surface area contributed by atoms with Gasteiger partial charge in [0, 0.05) is 11.8 Å². The van der Waals surface area contributed by atoms with Crippen LogP contribution in [-0.4, -0.2) is 31.1 Å². The lowest BCUT2D eigenvalue weighted by Gasteiger charge is -2.12. The third-order valence-corrected chi connectivity index (χ3v) is 3.97. The number of nitrogens with one attached hydrogen (secondary N) is 2. The Bertz CT molecular complexity index is 1000. The molecule has 0 spiro atoms. The van der Waals surface area contributed by atoms with Crippen LogP contribution >= 0.6 is 0 Å². The van der Waals surface area contributed by atoms with Gasteiger partial charge in [0.15, 0.2) is 0 Å². The van der Waals surface area contributed by atoms with Gasteiger partial charge in [0.25, 0.3) is 5.91 Å². The molecule has 1 aromatic heterocycles. The minimum Gasteiger partial charge on any atom is -0.495 e. The Hall–Kier alpha value is -3.87. The van der Waals surface area contributed by atoms with Gasteiger partial charge in [-0.3, -0.25) is 4.79 Å². The van der Waals surface area contributed by atoms with Gasteiger partial charge in [0.1, 0.15) is 11.6 Å². The molecule has 3 aromatic rings. The molecule has 2 aromatic carbocycles. The van der Waals surface area contributed by atoms with E-state index in [-0.39, 0.29) is 11.5 Å².